The van der Waals surface area contributed by atoms with E-state index >= 15 is 0 Å². The molecule has 6 aromatic carbocycles. The molecule has 6 aromatic rings. The van der Waals surface area contributed by atoms with Crippen molar-refractivity contribution in [2.45, 2.75) is 26.7 Å². The molecule has 0 fully saturated rings. The smallest absolute Gasteiger partial charge is 0.135 e. The fourth-order valence-corrected chi connectivity index (χ4v) is 6.17. The summed E-state index contributed by atoms with van der Waals surface area (Å²) in [5, 5.41) is 6.75. The van der Waals surface area contributed by atoms with Gasteiger partial charge in [0.25, 0.3) is 0 Å². The van der Waals surface area contributed by atoms with Crippen molar-refractivity contribution in [3.63, 3.8) is 0 Å². The summed E-state index contributed by atoms with van der Waals surface area (Å²) >= 11 is 0. The summed E-state index contributed by atoms with van der Waals surface area (Å²) in [6.45, 7) is 4.45. The number of fused-ring (bicyclic) bond motifs is 3. The van der Waals surface area contributed by atoms with Crippen molar-refractivity contribution in [1.82, 2.24) is 0 Å². The molecule has 0 saturated carbocycles. The van der Waals surface area contributed by atoms with Crippen molar-refractivity contribution in [2.24, 2.45) is 0 Å². The molecule has 2 heteroatoms. The summed E-state index contributed by atoms with van der Waals surface area (Å²) in [6, 6.07) is 34.8. The summed E-state index contributed by atoms with van der Waals surface area (Å²) in [6.07, 6.45) is 1.89. The van der Waals surface area contributed by atoms with Crippen LogP contribution in [0.4, 0.5) is 0 Å². The van der Waals surface area contributed by atoms with E-state index < -0.39 is 0 Å². The normalized spacial score (nSPS) is 11.4. The van der Waals surface area contributed by atoms with Crippen molar-refractivity contribution < 1.29 is 9.47 Å². The zero-order chi connectivity index (χ0) is 26.2. The molecule has 0 spiro atoms. The SMILES string of the molecule is CCc1ccccc1-c1c2ccccc2c(-c2ccccc2CC)c2c(OC)c3ccccc3c(OC)c12. The van der Waals surface area contributed by atoms with Crippen LogP contribution in [0, 0.1) is 0 Å². The Morgan fingerprint density at radius 3 is 1.16 bits per heavy atom. The second-order valence-electron chi connectivity index (χ2n) is 9.68. The van der Waals surface area contributed by atoms with E-state index in [2.05, 4.69) is 111 Å². The molecule has 2 nitrogen and oxygen atoms in total. The number of aryl methyl sites for hydroxylation is 2. The van der Waals surface area contributed by atoms with Gasteiger partial charge in [-0.1, -0.05) is 111 Å². The quantitative estimate of drug-likeness (QED) is 0.214. The maximum Gasteiger partial charge on any atom is 0.135 e. The predicted octanol–water partition coefficient (Wildman–Crippen LogP) is 9.62. The number of benzene rings is 6. The first kappa shape index (κ1) is 24.1. The van der Waals surface area contributed by atoms with Gasteiger partial charge in [-0.15, -0.1) is 0 Å². The van der Waals surface area contributed by atoms with Gasteiger partial charge in [-0.05, 0) is 45.9 Å². The first-order valence-electron chi connectivity index (χ1n) is 13.4. The summed E-state index contributed by atoms with van der Waals surface area (Å²) in [5.41, 5.74) is 7.51. The van der Waals surface area contributed by atoms with Crippen molar-refractivity contribution in [3.8, 4) is 33.8 Å². The number of hydrogen-bond acceptors (Lipinski definition) is 2. The molecule has 0 N–H and O–H groups in total. The highest BCUT2D eigenvalue weighted by Crippen LogP contribution is 2.54. The van der Waals surface area contributed by atoms with Gasteiger partial charge in [0, 0.05) is 32.7 Å². The van der Waals surface area contributed by atoms with Crippen LogP contribution in [0.5, 0.6) is 11.5 Å². The molecule has 6 rings (SSSR count). The summed E-state index contributed by atoms with van der Waals surface area (Å²) < 4.78 is 12.6. The van der Waals surface area contributed by atoms with Crippen molar-refractivity contribution in [2.75, 3.05) is 14.2 Å². The van der Waals surface area contributed by atoms with E-state index in [0.717, 1.165) is 45.9 Å². The van der Waals surface area contributed by atoms with Crippen LogP contribution < -0.4 is 9.47 Å². The summed E-state index contributed by atoms with van der Waals surface area (Å²) in [4.78, 5) is 0. The van der Waals surface area contributed by atoms with Crippen LogP contribution in [0.25, 0.3) is 54.6 Å². The van der Waals surface area contributed by atoms with E-state index in [1.807, 2.05) is 0 Å². The lowest BCUT2D eigenvalue weighted by Crippen LogP contribution is -2.00. The van der Waals surface area contributed by atoms with Crippen LogP contribution in [0.3, 0.4) is 0 Å². The van der Waals surface area contributed by atoms with Gasteiger partial charge in [-0.3, -0.25) is 0 Å². The van der Waals surface area contributed by atoms with Gasteiger partial charge in [0.05, 0.1) is 14.2 Å². The Labute approximate surface area is 224 Å². The second-order valence-corrected chi connectivity index (χ2v) is 9.68. The maximum absolute atomic E-state index is 6.32. The van der Waals surface area contributed by atoms with Gasteiger partial charge in [-0.25, -0.2) is 0 Å². The predicted molar refractivity (Wildman–Crippen MR) is 162 cm³/mol. The minimum atomic E-state index is 0.887. The minimum Gasteiger partial charge on any atom is -0.495 e. The number of methoxy groups -OCH3 is 2. The van der Waals surface area contributed by atoms with E-state index in [1.54, 1.807) is 14.2 Å². The Balaban J connectivity index is 2.01. The fourth-order valence-electron chi connectivity index (χ4n) is 6.17. The Morgan fingerprint density at radius 2 is 0.789 bits per heavy atom. The van der Waals surface area contributed by atoms with E-state index in [9.17, 15) is 0 Å². The van der Waals surface area contributed by atoms with E-state index in [0.29, 0.717) is 0 Å². The molecule has 0 aliphatic rings. The van der Waals surface area contributed by atoms with Crippen molar-refractivity contribution >= 4 is 32.3 Å². The van der Waals surface area contributed by atoms with E-state index in [1.165, 1.54) is 44.2 Å². The third-order valence-corrected chi connectivity index (χ3v) is 7.83. The second kappa shape index (κ2) is 9.87. The van der Waals surface area contributed by atoms with Gasteiger partial charge in [0.2, 0.25) is 0 Å². The highest BCUT2D eigenvalue weighted by molar-refractivity contribution is 6.29. The van der Waals surface area contributed by atoms with Gasteiger partial charge in [0.1, 0.15) is 11.5 Å². The standard InChI is InChI=1S/C36H32O2/c1-5-23-15-7-9-17-25(23)31-27-19-11-12-20-28(27)32(26-18-10-8-16-24(26)6-2)34-33(31)35(37-3)29-21-13-14-22-30(29)36(34)38-4/h7-22H,5-6H2,1-4H3. The molecule has 0 amide bonds. The zero-order valence-electron chi connectivity index (χ0n) is 22.5. The third kappa shape index (κ3) is 3.55. The van der Waals surface area contributed by atoms with Crippen LogP contribution in [0.1, 0.15) is 25.0 Å². The molecule has 0 aromatic heterocycles. The lowest BCUT2D eigenvalue weighted by Gasteiger charge is -2.24. The summed E-state index contributed by atoms with van der Waals surface area (Å²) in [7, 11) is 3.58. The minimum absolute atomic E-state index is 0.887. The summed E-state index contributed by atoms with van der Waals surface area (Å²) in [5.74, 6) is 1.77. The van der Waals surface area contributed by atoms with Gasteiger partial charge >= 0.3 is 0 Å². The van der Waals surface area contributed by atoms with Crippen LogP contribution in [-0.4, -0.2) is 14.2 Å². The van der Waals surface area contributed by atoms with Gasteiger partial charge < -0.3 is 9.47 Å². The molecule has 0 saturated heterocycles. The topological polar surface area (TPSA) is 18.5 Å². The highest BCUT2D eigenvalue weighted by atomic mass is 16.5. The molecular weight excluding hydrogens is 464 g/mol. The zero-order valence-corrected chi connectivity index (χ0v) is 22.5. The fraction of sp³-hybridized carbons (Fsp3) is 0.167. The lowest BCUT2D eigenvalue weighted by molar-refractivity contribution is 0.418. The number of rotatable bonds is 6. The van der Waals surface area contributed by atoms with Crippen LogP contribution in [0.15, 0.2) is 97.1 Å². The number of ether oxygens (including phenoxy) is 2. The molecular formula is C36H32O2. The highest BCUT2D eigenvalue weighted by Gasteiger charge is 2.26. The molecule has 0 unspecified atom stereocenters. The van der Waals surface area contributed by atoms with Gasteiger partial charge in [0.15, 0.2) is 0 Å². The molecule has 0 bridgehead atoms. The maximum atomic E-state index is 6.32. The third-order valence-electron chi connectivity index (χ3n) is 7.83. The Kier molecular flexibility index (Phi) is 6.25. The van der Waals surface area contributed by atoms with Crippen LogP contribution in [0.2, 0.25) is 0 Å². The Morgan fingerprint density at radius 1 is 0.447 bits per heavy atom. The Bertz CT molecular complexity index is 1680. The first-order valence-corrected chi connectivity index (χ1v) is 13.4. The molecule has 0 radical (unpaired) electrons. The van der Waals surface area contributed by atoms with Crippen LogP contribution in [-0.2, 0) is 12.8 Å². The number of hydrogen-bond donors (Lipinski definition) is 0. The Hall–Kier alpha value is -4.30. The molecule has 0 atom stereocenters. The molecule has 0 aliphatic carbocycles. The van der Waals surface area contributed by atoms with E-state index in [-0.39, 0.29) is 0 Å². The average Bonchev–Trinajstić information content (AvgIpc) is 2.98. The van der Waals surface area contributed by atoms with Gasteiger partial charge in [-0.2, -0.15) is 0 Å². The van der Waals surface area contributed by atoms with Crippen LogP contribution >= 0.6 is 0 Å². The first-order chi connectivity index (χ1) is 18.7. The van der Waals surface area contributed by atoms with E-state index in [4.69, 9.17) is 9.47 Å². The monoisotopic (exact) mass is 496 g/mol. The molecule has 38 heavy (non-hydrogen) atoms. The molecule has 188 valence electrons. The van der Waals surface area contributed by atoms with Crippen molar-refractivity contribution in [3.05, 3.63) is 108 Å². The molecule has 0 aliphatic heterocycles. The average molecular weight is 497 g/mol. The molecule has 0 heterocycles. The largest absolute Gasteiger partial charge is 0.495 e. The van der Waals surface area contributed by atoms with Crippen molar-refractivity contribution in [1.29, 1.82) is 0 Å². The lowest BCUT2D eigenvalue weighted by atomic mass is 9.81.